The number of amides is 2. The second kappa shape index (κ2) is 7.49. The highest BCUT2D eigenvalue weighted by atomic mass is 16.6. The van der Waals surface area contributed by atoms with E-state index in [2.05, 4.69) is 5.48 Å². The van der Waals surface area contributed by atoms with Gasteiger partial charge in [-0.3, -0.25) is 14.4 Å². The van der Waals surface area contributed by atoms with Crippen molar-refractivity contribution in [3.05, 3.63) is 65.2 Å². The summed E-state index contributed by atoms with van der Waals surface area (Å²) in [4.78, 5) is 31.6. The lowest BCUT2D eigenvalue weighted by molar-refractivity contribution is -0.138. The van der Waals surface area contributed by atoms with E-state index in [0.29, 0.717) is 13.2 Å². The first-order valence-electron chi connectivity index (χ1n) is 8.38. The Labute approximate surface area is 147 Å². The third-order valence-electron chi connectivity index (χ3n) is 4.62. The number of rotatable bonds is 5. The highest BCUT2D eigenvalue weighted by molar-refractivity contribution is 6.00. The molecule has 2 amide bonds. The molecular weight excluding hydrogens is 316 g/mol. The van der Waals surface area contributed by atoms with Crippen LogP contribution in [0.25, 0.3) is 0 Å². The number of anilines is 1. The summed E-state index contributed by atoms with van der Waals surface area (Å²) >= 11 is 0. The molecule has 5 nitrogen and oxygen atoms in total. The predicted molar refractivity (Wildman–Crippen MR) is 95.7 cm³/mol. The molecule has 1 aliphatic rings. The normalized spacial score (nSPS) is 17.0. The summed E-state index contributed by atoms with van der Waals surface area (Å²) in [5.74, 6) is -0.683. The molecule has 0 radical (unpaired) electrons. The SMILES string of the molecule is Cc1cccc(N2CC(C(=O)NOCc3ccccc3)CC2=O)c1C. The standard InChI is InChI=1S/C20H22N2O3/c1-14-7-6-10-18(15(14)2)22-12-17(11-19(22)23)20(24)21-25-13-16-8-4-3-5-9-16/h3-10,17H,11-13H2,1-2H3,(H,21,24). The minimum Gasteiger partial charge on any atom is -0.311 e. The zero-order valence-corrected chi connectivity index (χ0v) is 14.5. The van der Waals surface area contributed by atoms with Gasteiger partial charge in [0.25, 0.3) is 0 Å². The molecule has 2 aromatic carbocycles. The molecule has 1 heterocycles. The molecule has 1 N–H and O–H groups in total. The Balaban J connectivity index is 1.58. The zero-order chi connectivity index (χ0) is 17.8. The predicted octanol–water partition coefficient (Wildman–Crippen LogP) is 2.90. The van der Waals surface area contributed by atoms with Crippen molar-refractivity contribution >= 4 is 17.5 Å². The van der Waals surface area contributed by atoms with Crippen molar-refractivity contribution in [2.75, 3.05) is 11.4 Å². The summed E-state index contributed by atoms with van der Waals surface area (Å²) in [7, 11) is 0. The van der Waals surface area contributed by atoms with Crippen LogP contribution in [0.3, 0.4) is 0 Å². The van der Waals surface area contributed by atoms with Crippen LogP contribution < -0.4 is 10.4 Å². The number of hydrogen-bond donors (Lipinski definition) is 1. The van der Waals surface area contributed by atoms with Crippen LogP contribution in [-0.2, 0) is 21.0 Å². The molecule has 0 spiro atoms. The minimum atomic E-state index is -0.400. The van der Waals surface area contributed by atoms with Gasteiger partial charge >= 0.3 is 0 Å². The fraction of sp³-hybridized carbons (Fsp3) is 0.300. The van der Waals surface area contributed by atoms with E-state index in [0.717, 1.165) is 22.4 Å². The molecule has 0 saturated carbocycles. The van der Waals surface area contributed by atoms with Crippen LogP contribution in [-0.4, -0.2) is 18.4 Å². The quantitative estimate of drug-likeness (QED) is 0.853. The van der Waals surface area contributed by atoms with Gasteiger partial charge in [0.05, 0.1) is 12.5 Å². The van der Waals surface area contributed by atoms with Gasteiger partial charge in [-0.25, -0.2) is 5.48 Å². The van der Waals surface area contributed by atoms with Gasteiger partial charge in [-0.2, -0.15) is 0 Å². The van der Waals surface area contributed by atoms with Gasteiger partial charge < -0.3 is 4.90 Å². The average molecular weight is 338 g/mol. The number of carbonyl (C=O) groups excluding carboxylic acids is 2. The first-order valence-corrected chi connectivity index (χ1v) is 8.38. The number of nitrogens with one attached hydrogen (secondary N) is 1. The third-order valence-corrected chi connectivity index (χ3v) is 4.62. The lowest BCUT2D eigenvalue weighted by Gasteiger charge is -2.20. The average Bonchev–Trinajstić information content (AvgIpc) is 3.00. The molecule has 130 valence electrons. The summed E-state index contributed by atoms with van der Waals surface area (Å²) in [6.45, 7) is 4.69. The van der Waals surface area contributed by atoms with E-state index in [9.17, 15) is 9.59 Å². The van der Waals surface area contributed by atoms with Crippen LogP contribution >= 0.6 is 0 Å². The van der Waals surface area contributed by atoms with Crippen LogP contribution in [0, 0.1) is 19.8 Å². The fourth-order valence-corrected chi connectivity index (χ4v) is 2.99. The molecular formula is C20H22N2O3. The van der Waals surface area contributed by atoms with E-state index in [1.165, 1.54) is 0 Å². The lowest BCUT2D eigenvalue weighted by Crippen LogP contribution is -2.33. The minimum absolute atomic E-state index is 0.0306. The highest BCUT2D eigenvalue weighted by Gasteiger charge is 2.35. The highest BCUT2D eigenvalue weighted by Crippen LogP contribution is 2.29. The topological polar surface area (TPSA) is 58.6 Å². The second-order valence-corrected chi connectivity index (χ2v) is 6.37. The molecule has 1 saturated heterocycles. The van der Waals surface area contributed by atoms with Crippen LogP contribution in [0.2, 0.25) is 0 Å². The van der Waals surface area contributed by atoms with Crippen molar-refractivity contribution in [1.29, 1.82) is 0 Å². The van der Waals surface area contributed by atoms with Crippen molar-refractivity contribution in [3.63, 3.8) is 0 Å². The third kappa shape index (κ3) is 3.88. The van der Waals surface area contributed by atoms with Gasteiger partial charge in [0.2, 0.25) is 11.8 Å². The Hall–Kier alpha value is -2.66. The maximum Gasteiger partial charge on any atom is 0.248 e. The Kier molecular flexibility index (Phi) is 5.14. The maximum absolute atomic E-state index is 12.4. The first kappa shape index (κ1) is 17.2. The molecule has 2 aromatic rings. The van der Waals surface area contributed by atoms with Crippen molar-refractivity contribution < 1.29 is 14.4 Å². The summed E-state index contributed by atoms with van der Waals surface area (Å²) < 4.78 is 0. The van der Waals surface area contributed by atoms with E-state index in [4.69, 9.17) is 4.84 Å². The smallest absolute Gasteiger partial charge is 0.248 e. The van der Waals surface area contributed by atoms with Gasteiger partial charge in [-0.1, -0.05) is 42.5 Å². The molecule has 25 heavy (non-hydrogen) atoms. The zero-order valence-electron chi connectivity index (χ0n) is 14.5. The number of benzene rings is 2. The van der Waals surface area contributed by atoms with Crippen molar-refractivity contribution in [1.82, 2.24) is 5.48 Å². The van der Waals surface area contributed by atoms with E-state index >= 15 is 0 Å². The summed E-state index contributed by atoms with van der Waals surface area (Å²) in [5, 5.41) is 0. The number of carbonyl (C=O) groups is 2. The van der Waals surface area contributed by atoms with E-state index in [1.807, 2.05) is 62.4 Å². The Bertz CT molecular complexity index is 774. The maximum atomic E-state index is 12.4. The van der Waals surface area contributed by atoms with Gasteiger partial charge in [0.15, 0.2) is 0 Å². The molecule has 3 rings (SSSR count). The number of aryl methyl sites for hydroxylation is 1. The van der Waals surface area contributed by atoms with Crippen LogP contribution in [0.5, 0.6) is 0 Å². The lowest BCUT2D eigenvalue weighted by atomic mass is 10.1. The Morgan fingerprint density at radius 1 is 1.16 bits per heavy atom. The molecule has 0 aromatic heterocycles. The van der Waals surface area contributed by atoms with Gasteiger partial charge in [0.1, 0.15) is 0 Å². The first-order chi connectivity index (χ1) is 12.1. The Morgan fingerprint density at radius 3 is 2.68 bits per heavy atom. The number of nitrogens with zero attached hydrogens (tertiary/aromatic N) is 1. The van der Waals surface area contributed by atoms with Gasteiger partial charge in [-0.05, 0) is 36.6 Å². The molecule has 0 bridgehead atoms. The molecule has 5 heteroatoms. The van der Waals surface area contributed by atoms with Crippen LogP contribution in [0.15, 0.2) is 48.5 Å². The molecule has 1 unspecified atom stereocenters. The second-order valence-electron chi connectivity index (χ2n) is 6.37. The molecule has 0 aliphatic carbocycles. The largest absolute Gasteiger partial charge is 0.311 e. The van der Waals surface area contributed by atoms with Crippen molar-refractivity contribution in [2.45, 2.75) is 26.9 Å². The summed E-state index contributed by atoms with van der Waals surface area (Å²) in [6.07, 6.45) is 0.202. The van der Waals surface area contributed by atoms with Gasteiger partial charge in [0, 0.05) is 18.7 Å². The number of hydroxylamine groups is 1. The Morgan fingerprint density at radius 2 is 1.92 bits per heavy atom. The monoisotopic (exact) mass is 338 g/mol. The van der Waals surface area contributed by atoms with Crippen LogP contribution in [0.1, 0.15) is 23.1 Å². The van der Waals surface area contributed by atoms with Crippen molar-refractivity contribution in [2.24, 2.45) is 5.92 Å². The van der Waals surface area contributed by atoms with E-state index in [-0.39, 0.29) is 18.2 Å². The van der Waals surface area contributed by atoms with Gasteiger partial charge in [-0.15, -0.1) is 0 Å². The van der Waals surface area contributed by atoms with Crippen LogP contribution in [0.4, 0.5) is 5.69 Å². The fourth-order valence-electron chi connectivity index (χ4n) is 2.99. The van der Waals surface area contributed by atoms with E-state index < -0.39 is 5.92 Å². The molecule has 1 fully saturated rings. The van der Waals surface area contributed by atoms with Crippen molar-refractivity contribution in [3.8, 4) is 0 Å². The van der Waals surface area contributed by atoms with E-state index in [1.54, 1.807) is 4.90 Å². The molecule has 1 aliphatic heterocycles. The summed E-state index contributed by atoms with van der Waals surface area (Å²) in [5.41, 5.74) is 6.52. The number of hydrogen-bond acceptors (Lipinski definition) is 3. The molecule has 1 atom stereocenters. The summed E-state index contributed by atoms with van der Waals surface area (Å²) in [6, 6.07) is 15.5.